The van der Waals surface area contributed by atoms with Crippen LogP contribution in [0.2, 0.25) is 0 Å². The number of benzene rings is 4. The third-order valence-electron chi connectivity index (χ3n) is 6.02. The largest absolute Gasteiger partial charge is 0.504 e. The second-order valence-electron chi connectivity index (χ2n) is 8.63. The number of anilines is 2. The van der Waals surface area contributed by atoms with Crippen LogP contribution in [0.3, 0.4) is 0 Å². The van der Waals surface area contributed by atoms with E-state index >= 15 is 0 Å². The number of hydrogen-bond acceptors (Lipinski definition) is 9. The van der Waals surface area contributed by atoms with Crippen molar-refractivity contribution in [1.29, 1.82) is 0 Å². The van der Waals surface area contributed by atoms with E-state index in [1.165, 1.54) is 43.3 Å². The van der Waals surface area contributed by atoms with Crippen LogP contribution in [0.25, 0.3) is 10.8 Å². The zero-order valence-corrected chi connectivity index (χ0v) is 20.6. The third-order valence-corrected chi connectivity index (χ3v) is 6.02. The van der Waals surface area contributed by atoms with Gasteiger partial charge in [0.05, 0.1) is 5.56 Å². The standard InChI is InChI=1S/C28H25N3O8/c1-14(39-28(38)18-9-5-13-22(33)25(18)35)23(29)27(37)31-20-11-3-6-15-16(20)7-2-10-19(15)30-26(36)17-8-4-12-21(32)24(17)34/h2-14,23,32-35H,29H2,1H3,(H,30,36)(H,31,37)/t14-,23+/m1/s1. The minimum absolute atomic E-state index is 0.120. The average Bonchev–Trinajstić information content (AvgIpc) is 2.91. The molecule has 0 unspecified atom stereocenters. The molecule has 4 aromatic carbocycles. The van der Waals surface area contributed by atoms with Gasteiger partial charge in [-0.05, 0) is 43.3 Å². The summed E-state index contributed by atoms with van der Waals surface area (Å²) in [7, 11) is 0. The number of para-hydroxylation sites is 2. The molecule has 0 fully saturated rings. The summed E-state index contributed by atoms with van der Waals surface area (Å²) in [5, 5.41) is 45.7. The van der Waals surface area contributed by atoms with Crippen molar-refractivity contribution in [3.05, 3.63) is 83.9 Å². The number of aromatic hydroxyl groups is 4. The van der Waals surface area contributed by atoms with Gasteiger partial charge in [-0.1, -0.05) is 36.4 Å². The Morgan fingerprint density at radius 2 is 1.21 bits per heavy atom. The van der Waals surface area contributed by atoms with Crippen LogP contribution in [0.5, 0.6) is 23.0 Å². The topological polar surface area (TPSA) is 191 Å². The Hall–Kier alpha value is -5.29. The first-order valence-electron chi connectivity index (χ1n) is 11.7. The average molecular weight is 532 g/mol. The van der Waals surface area contributed by atoms with Crippen LogP contribution in [-0.2, 0) is 9.53 Å². The Morgan fingerprint density at radius 1 is 0.718 bits per heavy atom. The predicted molar refractivity (Wildman–Crippen MR) is 143 cm³/mol. The van der Waals surface area contributed by atoms with Gasteiger partial charge in [0.2, 0.25) is 5.91 Å². The molecule has 0 aliphatic heterocycles. The molecule has 2 atom stereocenters. The van der Waals surface area contributed by atoms with Crippen molar-refractivity contribution < 1.29 is 39.5 Å². The molecule has 0 aliphatic rings. The fraction of sp³-hybridized carbons (Fsp3) is 0.107. The number of amides is 2. The molecule has 0 heterocycles. The van der Waals surface area contributed by atoms with Crippen molar-refractivity contribution in [3.63, 3.8) is 0 Å². The first-order valence-corrected chi connectivity index (χ1v) is 11.7. The molecule has 11 heteroatoms. The smallest absolute Gasteiger partial charge is 0.342 e. The quantitative estimate of drug-likeness (QED) is 0.138. The maximum absolute atomic E-state index is 12.9. The molecule has 11 nitrogen and oxygen atoms in total. The van der Waals surface area contributed by atoms with Gasteiger partial charge in [-0.3, -0.25) is 9.59 Å². The number of phenols is 4. The molecule has 39 heavy (non-hydrogen) atoms. The lowest BCUT2D eigenvalue weighted by Gasteiger charge is -2.21. The number of phenolic OH excluding ortho intramolecular Hbond substituents is 4. The number of rotatable bonds is 7. The maximum Gasteiger partial charge on any atom is 0.342 e. The van der Waals surface area contributed by atoms with Crippen LogP contribution in [0, 0.1) is 0 Å². The number of ether oxygens (including phenoxy) is 1. The summed E-state index contributed by atoms with van der Waals surface area (Å²) >= 11 is 0. The van der Waals surface area contributed by atoms with Gasteiger partial charge < -0.3 is 41.5 Å². The van der Waals surface area contributed by atoms with Gasteiger partial charge >= 0.3 is 5.97 Å². The maximum atomic E-state index is 12.9. The van der Waals surface area contributed by atoms with Crippen molar-refractivity contribution in [2.45, 2.75) is 19.1 Å². The molecule has 0 bridgehead atoms. The highest BCUT2D eigenvalue weighted by Gasteiger charge is 2.27. The molecule has 2 amide bonds. The van der Waals surface area contributed by atoms with Crippen LogP contribution in [-0.4, -0.2) is 50.4 Å². The Balaban J connectivity index is 1.51. The second kappa shape index (κ2) is 11.0. The van der Waals surface area contributed by atoms with E-state index in [1.54, 1.807) is 36.4 Å². The van der Waals surface area contributed by atoms with Crippen LogP contribution in [0.15, 0.2) is 72.8 Å². The van der Waals surface area contributed by atoms with Crippen molar-refractivity contribution >= 4 is 39.9 Å². The fourth-order valence-corrected chi connectivity index (χ4v) is 3.86. The number of hydrogen-bond donors (Lipinski definition) is 7. The zero-order chi connectivity index (χ0) is 28.3. The van der Waals surface area contributed by atoms with Gasteiger partial charge in [0.1, 0.15) is 17.7 Å². The van der Waals surface area contributed by atoms with E-state index in [1.807, 2.05) is 0 Å². The van der Waals surface area contributed by atoms with Gasteiger partial charge in [-0.2, -0.15) is 0 Å². The van der Waals surface area contributed by atoms with Gasteiger partial charge in [0.25, 0.3) is 5.91 Å². The van der Waals surface area contributed by atoms with E-state index in [0.29, 0.717) is 22.1 Å². The molecular weight excluding hydrogens is 506 g/mol. The van der Waals surface area contributed by atoms with Crippen LogP contribution in [0.4, 0.5) is 11.4 Å². The highest BCUT2D eigenvalue weighted by atomic mass is 16.5. The van der Waals surface area contributed by atoms with Crippen molar-refractivity contribution in [2.75, 3.05) is 10.6 Å². The number of carbonyl (C=O) groups excluding carboxylic acids is 3. The van der Waals surface area contributed by atoms with E-state index in [0.717, 1.165) is 0 Å². The Morgan fingerprint density at radius 3 is 1.79 bits per heavy atom. The summed E-state index contributed by atoms with van der Waals surface area (Å²) in [4.78, 5) is 38.1. The third kappa shape index (κ3) is 5.53. The molecule has 0 radical (unpaired) electrons. The van der Waals surface area contributed by atoms with Gasteiger partial charge in [-0.15, -0.1) is 0 Å². The van der Waals surface area contributed by atoms with E-state index in [4.69, 9.17) is 10.5 Å². The summed E-state index contributed by atoms with van der Waals surface area (Å²) in [5.41, 5.74) is 6.38. The number of nitrogens with two attached hydrogens (primary N) is 1. The highest BCUT2D eigenvalue weighted by Crippen LogP contribution is 2.32. The Kier molecular flexibility index (Phi) is 7.54. The molecule has 200 valence electrons. The van der Waals surface area contributed by atoms with Crippen LogP contribution < -0.4 is 16.4 Å². The Bertz CT molecular complexity index is 1590. The van der Waals surface area contributed by atoms with Crippen LogP contribution >= 0.6 is 0 Å². The van der Waals surface area contributed by atoms with Crippen molar-refractivity contribution in [3.8, 4) is 23.0 Å². The fourth-order valence-electron chi connectivity index (χ4n) is 3.86. The molecule has 4 rings (SSSR count). The van der Waals surface area contributed by atoms with E-state index in [-0.39, 0.29) is 11.1 Å². The summed E-state index contributed by atoms with van der Waals surface area (Å²) in [6.07, 6.45) is -1.10. The SMILES string of the molecule is C[C@@H](OC(=O)c1cccc(O)c1O)[C@H](N)C(=O)Nc1cccc2c(NC(=O)c3cccc(O)c3O)cccc12. The number of carbonyl (C=O) groups is 3. The molecule has 0 saturated heterocycles. The van der Waals surface area contributed by atoms with Crippen molar-refractivity contribution in [2.24, 2.45) is 5.73 Å². The molecule has 0 aliphatic carbocycles. The first-order chi connectivity index (χ1) is 18.6. The monoisotopic (exact) mass is 531 g/mol. The Labute approximate surface area is 222 Å². The molecule has 4 aromatic rings. The van der Waals surface area contributed by atoms with E-state index in [2.05, 4.69) is 10.6 Å². The lowest BCUT2D eigenvalue weighted by molar-refractivity contribution is -0.119. The number of nitrogens with one attached hydrogen (secondary N) is 2. The lowest BCUT2D eigenvalue weighted by atomic mass is 10.1. The molecule has 0 aromatic heterocycles. The second-order valence-corrected chi connectivity index (χ2v) is 8.63. The summed E-state index contributed by atoms with van der Waals surface area (Å²) in [6.45, 7) is 1.41. The number of fused-ring (bicyclic) bond motifs is 1. The minimum atomic E-state index is -1.29. The number of esters is 1. The molecular formula is C28H25N3O8. The highest BCUT2D eigenvalue weighted by molar-refractivity contribution is 6.13. The minimum Gasteiger partial charge on any atom is -0.504 e. The zero-order valence-electron chi connectivity index (χ0n) is 20.6. The van der Waals surface area contributed by atoms with Gasteiger partial charge in [0.15, 0.2) is 23.0 Å². The van der Waals surface area contributed by atoms with Gasteiger partial charge in [-0.25, -0.2) is 4.79 Å². The van der Waals surface area contributed by atoms with Crippen molar-refractivity contribution in [1.82, 2.24) is 0 Å². The van der Waals surface area contributed by atoms with E-state index in [9.17, 15) is 34.8 Å². The first kappa shape index (κ1) is 26.8. The van der Waals surface area contributed by atoms with Gasteiger partial charge in [0, 0.05) is 22.1 Å². The molecule has 0 saturated carbocycles. The van der Waals surface area contributed by atoms with E-state index < -0.39 is 52.9 Å². The summed E-state index contributed by atoms with van der Waals surface area (Å²) < 4.78 is 5.22. The molecule has 8 N–H and O–H groups in total. The van der Waals surface area contributed by atoms with Crippen LogP contribution in [0.1, 0.15) is 27.6 Å². The normalized spacial score (nSPS) is 12.4. The predicted octanol–water partition coefficient (Wildman–Crippen LogP) is 3.43. The summed E-state index contributed by atoms with van der Waals surface area (Å²) in [6, 6.07) is 16.6. The summed E-state index contributed by atoms with van der Waals surface area (Å²) in [5.74, 6) is -4.41. The molecule has 0 spiro atoms. The lowest BCUT2D eigenvalue weighted by Crippen LogP contribution is -2.45.